The van der Waals surface area contributed by atoms with Gasteiger partial charge in [-0.05, 0) is 42.8 Å². The SMILES string of the molecule is CC(NCc1ccc(F)cc1)C(=O)c1ccc2c(c1)NCCO2. The lowest BCUT2D eigenvalue weighted by atomic mass is 10.0. The Hall–Kier alpha value is -2.40. The van der Waals surface area contributed by atoms with Crippen LogP contribution in [-0.2, 0) is 6.54 Å². The predicted molar refractivity (Wildman–Crippen MR) is 87.5 cm³/mol. The summed E-state index contributed by atoms with van der Waals surface area (Å²) in [5.41, 5.74) is 2.43. The fourth-order valence-corrected chi connectivity index (χ4v) is 2.51. The van der Waals surface area contributed by atoms with Gasteiger partial charge < -0.3 is 15.4 Å². The largest absolute Gasteiger partial charge is 0.490 e. The van der Waals surface area contributed by atoms with Crippen LogP contribution in [0.5, 0.6) is 5.75 Å². The van der Waals surface area contributed by atoms with Gasteiger partial charge in [0.15, 0.2) is 5.78 Å². The molecule has 0 radical (unpaired) electrons. The molecule has 1 heterocycles. The molecule has 0 aromatic heterocycles. The van der Waals surface area contributed by atoms with E-state index in [2.05, 4.69) is 10.6 Å². The molecule has 23 heavy (non-hydrogen) atoms. The van der Waals surface area contributed by atoms with Crippen LogP contribution >= 0.6 is 0 Å². The van der Waals surface area contributed by atoms with E-state index in [0.717, 1.165) is 23.5 Å². The number of fused-ring (bicyclic) bond motifs is 1. The van der Waals surface area contributed by atoms with E-state index in [1.807, 2.05) is 19.1 Å². The number of Topliss-reactive ketones (excluding diaryl/α,β-unsaturated/α-hetero) is 1. The second-order valence-electron chi connectivity index (χ2n) is 5.58. The lowest BCUT2D eigenvalue weighted by molar-refractivity contribution is 0.0950. The van der Waals surface area contributed by atoms with Crippen LogP contribution in [0.2, 0.25) is 0 Å². The molecule has 0 aliphatic carbocycles. The first-order valence-electron chi connectivity index (χ1n) is 7.66. The highest BCUT2D eigenvalue weighted by Crippen LogP contribution is 2.28. The van der Waals surface area contributed by atoms with Crippen LogP contribution in [0.25, 0.3) is 0 Å². The van der Waals surface area contributed by atoms with Gasteiger partial charge in [-0.3, -0.25) is 4.79 Å². The number of carbonyl (C=O) groups is 1. The molecule has 0 saturated heterocycles. The Balaban J connectivity index is 1.64. The maximum atomic E-state index is 12.9. The molecule has 2 N–H and O–H groups in total. The number of anilines is 1. The molecule has 2 aromatic rings. The summed E-state index contributed by atoms with van der Waals surface area (Å²) in [4.78, 5) is 12.5. The summed E-state index contributed by atoms with van der Waals surface area (Å²) in [6, 6.07) is 11.3. The number of carbonyl (C=O) groups excluding carboxylic acids is 1. The number of benzene rings is 2. The molecule has 0 spiro atoms. The summed E-state index contributed by atoms with van der Waals surface area (Å²) < 4.78 is 18.4. The lowest BCUT2D eigenvalue weighted by Gasteiger charge is -2.20. The number of hydrogen-bond donors (Lipinski definition) is 2. The number of halogens is 1. The highest BCUT2D eigenvalue weighted by Gasteiger charge is 2.18. The molecule has 1 atom stereocenters. The maximum absolute atomic E-state index is 12.9. The zero-order valence-electron chi connectivity index (χ0n) is 12.9. The van der Waals surface area contributed by atoms with Gasteiger partial charge in [-0.2, -0.15) is 0 Å². The standard InChI is InChI=1S/C18H19FN2O2/c1-12(21-11-13-2-5-15(19)6-3-13)18(22)14-4-7-17-16(10-14)20-8-9-23-17/h2-7,10,12,20-21H,8-9,11H2,1H3. The predicted octanol–water partition coefficient (Wildman–Crippen LogP) is 2.99. The monoisotopic (exact) mass is 314 g/mol. The van der Waals surface area contributed by atoms with Crippen LogP contribution in [0.1, 0.15) is 22.8 Å². The summed E-state index contributed by atoms with van der Waals surface area (Å²) in [5, 5.41) is 6.40. The summed E-state index contributed by atoms with van der Waals surface area (Å²) in [7, 11) is 0. The normalized spacial score (nSPS) is 14.3. The molecule has 2 aromatic carbocycles. The van der Waals surface area contributed by atoms with E-state index in [4.69, 9.17) is 4.74 Å². The topological polar surface area (TPSA) is 50.4 Å². The summed E-state index contributed by atoms with van der Waals surface area (Å²) in [6.07, 6.45) is 0. The average Bonchev–Trinajstić information content (AvgIpc) is 2.60. The second kappa shape index (κ2) is 6.79. The Morgan fingerprint density at radius 3 is 2.87 bits per heavy atom. The van der Waals surface area contributed by atoms with E-state index in [-0.39, 0.29) is 17.6 Å². The van der Waals surface area contributed by atoms with Gasteiger partial charge in [0.2, 0.25) is 0 Å². The fraction of sp³-hybridized carbons (Fsp3) is 0.278. The zero-order chi connectivity index (χ0) is 16.2. The number of ether oxygens (including phenoxy) is 1. The van der Waals surface area contributed by atoms with Crippen molar-refractivity contribution in [3.63, 3.8) is 0 Å². The van der Waals surface area contributed by atoms with Crippen molar-refractivity contribution in [2.24, 2.45) is 0 Å². The van der Waals surface area contributed by atoms with Gasteiger partial charge in [0.25, 0.3) is 0 Å². The minimum absolute atomic E-state index is 0.0160. The van der Waals surface area contributed by atoms with E-state index in [1.165, 1.54) is 12.1 Å². The number of nitrogens with one attached hydrogen (secondary N) is 2. The molecule has 3 rings (SSSR count). The van der Waals surface area contributed by atoms with Crippen molar-refractivity contribution in [3.05, 3.63) is 59.4 Å². The molecule has 0 amide bonds. The molecule has 5 heteroatoms. The first-order valence-corrected chi connectivity index (χ1v) is 7.66. The van der Waals surface area contributed by atoms with Crippen molar-refractivity contribution in [2.75, 3.05) is 18.5 Å². The molecule has 0 bridgehead atoms. The van der Waals surface area contributed by atoms with E-state index >= 15 is 0 Å². The summed E-state index contributed by atoms with van der Waals surface area (Å²) in [5.74, 6) is 0.531. The van der Waals surface area contributed by atoms with Crippen molar-refractivity contribution in [2.45, 2.75) is 19.5 Å². The minimum atomic E-state index is -0.331. The van der Waals surface area contributed by atoms with Gasteiger partial charge in [0, 0.05) is 18.7 Å². The quantitative estimate of drug-likeness (QED) is 0.833. The summed E-state index contributed by atoms with van der Waals surface area (Å²) in [6.45, 7) is 3.72. The molecular formula is C18H19FN2O2. The highest BCUT2D eigenvalue weighted by molar-refractivity contribution is 6.01. The van der Waals surface area contributed by atoms with Gasteiger partial charge in [-0.1, -0.05) is 12.1 Å². The molecular weight excluding hydrogens is 295 g/mol. The fourth-order valence-electron chi connectivity index (χ4n) is 2.51. The molecule has 0 fully saturated rings. The Bertz CT molecular complexity index is 701. The summed E-state index contributed by atoms with van der Waals surface area (Å²) >= 11 is 0. The molecule has 1 aliphatic rings. The third-order valence-corrected chi connectivity index (χ3v) is 3.86. The molecule has 4 nitrogen and oxygen atoms in total. The van der Waals surface area contributed by atoms with Crippen LogP contribution in [-0.4, -0.2) is 25.0 Å². The van der Waals surface area contributed by atoms with E-state index in [0.29, 0.717) is 18.7 Å². The third kappa shape index (κ3) is 3.68. The molecule has 120 valence electrons. The molecule has 0 saturated carbocycles. The first kappa shape index (κ1) is 15.5. The van der Waals surface area contributed by atoms with Crippen molar-refractivity contribution < 1.29 is 13.9 Å². The van der Waals surface area contributed by atoms with Crippen LogP contribution in [0.4, 0.5) is 10.1 Å². The van der Waals surface area contributed by atoms with Gasteiger partial charge in [-0.25, -0.2) is 4.39 Å². The van der Waals surface area contributed by atoms with Gasteiger partial charge >= 0.3 is 0 Å². The Labute approximate surface area is 134 Å². The Kier molecular flexibility index (Phi) is 4.57. The minimum Gasteiger partial charge on any atom is -0.490 e. The van der Waals surface area contributed by atoms with Crippen LogP contribution in [0, 0.1) is 5.82 Å². The second-order valence-corrected chi connectivity index (χ2v) is 5.58. The van der Waals surface area contributed by atoms with Gasteiger partial charge in [0.05, 0.1) is 11.7 Å². The van der Waals surface area contributed by atoms with Crippen LogP contribution in [0.15, 0.2) is 42.5 Å². The first-order chi connectivity index (χ1) is 11.1. The molecule has 1 aliphatic heterocycles. The molecule has 1 unspecified atom stereocenters. The van der Waals surface area contributed by atoms with Gasteiger partial charge in [0.1, 0.15) is 18.2 Å². The number of hydrogen-bond acceptors (Lipinski definition) is 4. The smallest absolute Gasteiger partial charge is 0.179 e. The van der Waals surface area contributed by atoms with Crippen molar-refractivity contribution >= 4 is 11.5 Å². The highest BCUT2D eigenvalue weighted by atomic mass is 19.1. The van der Waals surface area contributed by atoms with Crippen molar-refractivity contribution in [1.29, 1.82) is 0 Å². The Morgan fingerprint density at radius 2 is 2.09 bits per heavy atom. The average molecular weight is 314 g/mol. The number of ketones is 1. The van der Waals surface area contributed by atoms with E-state index in [9.17, 15) is 9.18 Å². The van der Waals surface area contributed by atoms with E-state index < -0.39 is 0 Å². The van der Waals surface area contributed by atoms with Crippen LogP contribution in [0.3, 0.4) is 0 Å². The Morgan fingerprint density at radius 1 is 1.30 bits per heavy atom. The van der Waals surface area contributed by atoms with Gasteiger partial charge in [-0.15, -0.1) is 0 Å². The van der Waals surface area contributed by atoms with Crippen molar-refractivity contribution in [1.82, 2.24) is 5.32 Å². The van der Waals surface area contributed by atoms with Crippen molar-refractivity contribution in [3.8, 4) is 5.75 Å². The maximum Gasteiger partial charge on any atom is 0.179 e. The zero-order valence-corrected chi connectivity index (χ0v) is 12.9. The lowest BCUT2D eigenvalue weighted by Crippen LogP contribution is -2.33. The van der Waals surface area contributed by atoms with E-state index in [1.54, 1.807) is 18.2 Å². The van der Waals surface area contributed by atoms with Crippen LogP contribution < -0.4 is 15.4 Å². The number of rotatable bonds is 5. The third-order valence-electron chi connectivity index (χ3n) is 3.86.